The molecule has 3 rings (SSSR count). The third-order valence-corrected chi connectivity index (χ3v) is 4.48. The van der Waals surface area contributed by atoms with Crippen LogP contribution in [0.25, 0.3) is 0 Å². The number of quaternary nitrogens is 1. The number of pyridine rings is 1. The van der Waals surface area contributed by atoms with Crippen LogP contribution in [-0.4, -0.2) is 28.4 Å². The highest BCUT2D eigenvalue weighted by molar-refractivity contribution is 6.27. The van der Waals surface area contributed by atoms with E-state index in [1.54, 1.807) is 26.1 Å². The molecule has 1 aromatic heterocycles. The van der Waals surface area contributed by atoms with E-state index in [0.717, 1.165) is 11.8 Å². The number of Topliss-reactive ketones (excluding diaryl/α,β-unsaturated/α-hetero) is 1. The molecule has 0 aliphatic carbocycles. The number of aryl methyl sites for hydroxylation is 2. The van der Waals surface area contributed by atoms with Crippen LogP contribution < -0.4 is 9.96 Å². The van der Waals surface area contributed by atoms with E-state index in [-0.39, 0.29) is 17.8 Å². The van der Waals surface area contributed by atoms with Gasteiger partial charge in [0.05, 0.1) is 12.1 Å². The molecule has 26 heavy (non-hydrogen) atoms. The number of anilines is 2. The number of carbonyl (C=O) groups is 2. The molecule has 0 radical (unpaired) electrons. The van der Waals surface area contributed by atoms with Gasteiger partial charge in [-0.15, -0.1) is 0 Å². The van der Waals surface area contributed by atoms with E-state index in [4.69, 9.17) is 0 Å². The molecule has 0 fully saturated rings. The first-order valence-corrected chi connectivity index (χ1v) is 8.20. The zero-order valence-electron chi connectivity index (χ0n) is 14.7. The molecule has 0 bridgehead atoms. The highest BCUT2D eigenvalue weighted by atomic mass is 16.5. The molecule has 1 aliphatic rings. The molecule has 1 unspecified atom stereocenters. The third kappa shape index (κ3) is 2.87. The van der Waals surface area contributed by atoms with Crippen LogP contribution in [0.15, 0.2) is 42.2 Å². The second kappa shape index (κ2) is 6.36. The number of aromatic nitrogens is 1. The molecule has 7 heteroatoms. The predicted molar refractivity (Wildman–Crippen MR) is 99.2 cm³/mol. The summed E-state index contributed by atoms with van der Waals surface area (Å²) in [6.45, 7) is 5.38. The molecule has 0 amide bonds. The molecular weight excluding hydrogens is 334 g/mol. The van der Waals surface area contributed by atoms with Gasteiger partial charge in [0.15, 0.2) is 11.3 Å². The van der Waals surface area contributed by atoms with Crippen LogP contribution in [0.3, 0.4) is 0 Å². The minimum Gasteiger partial charge on any atom is -0.622 e. The van der Waals surface area contributed by atoms with E-state index in [1.807, 2.05) is 19.1 Å². The zero-order valence-corrected chi connectivity index (χ0v) is 14.7. The molecule has 0 saturated carbocycles. The summed E-state index contributed by atoms with van der Waals surface area (Å²) in [4.78, 5) is 28.3. The SMILES string of the molecule is CC[N+]1([O-])C=C(C(=O)O)C(=O)c2cc(Nc3ncccc3C)cc(C)c21. The lowest BCUT2D eigenvalue weighted by atomic mass is 9.94. The van der Waals surface area contributed by atoms with Gasteiger partial charge in [-0.2, -0.15) is 0 Å². The van der Waals surface area contributed by atoms with Gasteiger partial charge >= 0.3 is 5.97 Å². The Labute approximate surface area is 150 Å². The van der Waals surface area contributed by atoms with Crippen molar-refractivity contribution in [2.75, 3.05) is 11.9 Å². The number of benzene rings is 1. The van der Waals surface area contributed by atoms with E-state index in [0.29, 0.717) is 17.1 Å². The third-order valence-electron chi connectivity index (χ3n) is 4.48. The fraction of sp³-hybridized carbons (Fsp3) is 0.211. The Morgan fingerprint density at radius 1 is 1.31 bits per heavy atom. The average molecular weight is 353 g/mol. The monoisotopic (exact) mass is 353 g/mol. The lowest BCUT2D eigenvalue weighted by Crippen LogP contribution is -2.43. The van der Waals surface area contributed by atoms with Gasteiger partial charge in [0.1, 0.15) is 12.0 Å². The first-order chi connectivity index (χ1) is 12.3. The van der Waals surface area contributed by atoms with E-state index in [9.17, 15) is 19.9 Å². The summed E-state index contributed by atoms with van der Waals surface area (Å²) in [6.07, 6.45) is 2.63. The number of carboxylic acid groups (broad SMARTS) is 1. The van der Waals surface area contributed by atoms with Crippen molar-refractivity contribution >= 4 is 28.9 Å². The zero-order chi connectivity index (χ0) is 19.1. The lowest BCUT2D eigenvalue weighted by Gasteiger charge is -2.42. The van der Waals surface area contributed by atoms with Gasteiger partial charge in [0, 0.05) is 17.4 Å². The molecule has 7 nitrogen and oxygen atoms in total. The molecule has 2 heterocycles. The van der Waals surface area contributed by atoms with E-state index in [1.165, 1.54) is 6.07 Å². The lowest BCUT2D eigenvalue weighted by molar-refractivity contribution is -0.132. The van der Waals surface area contributed by atoms with Crippen LogP contribution in [0.4, 0.5) is 17.2 Å². The molecular formula is C19H19N3O4. The van der Waals surface area contributed by atoms with E-state index < -0.39 is 22.0 Å². The molecule has 2 aromatic rings. The van der Waals surface area contributed by atoms with Crippen molar-refractivity contribution in [3.05, 3.63) is 64.1 Å². The summed E-state index contributed by atoms with van der Waals surface area (Å²) >= 11 is 0. The van der Waals surface area contributed by atoms with Crippen molar-refractivity contribution in [3.8, 4) is 0 Å². The topological polar surface area (TPSA) is 102 Å². The van der Waals surface area contributed by atoms with Gasteiger partial charge in [0.25, 0.3) is 0 Å². The summed E-state index contributed by atoms with van der Waals surface area (Å²) < 4.78 is -0.975. The van der Waals surface area contributed by atoms with Crippen molar-refractivity contribution in [2.45, 2.75) is 20.8 Å². The van der Waals surface area contributed by atoms with Gasteiger partial charge in [-0.1, -0.05) is 6.07 Å². The molecule has 134 valence electrons. The highest BCUT2D eigenvalue weighted by Gasteiger charge is 2.37. The summed E-state index contributed by atoms with van der Waals surface area (Å²) in [7, 11) is 0. The minimum absolute atomic E-state index is 0.0873. The summed E-state index contributed by atoms with van der Waals surface area (Å²) in [6, 6.07) is 7.00. The Hall–Kier alpha value is -3.03. The first-order valence-electron chi connectivity index (χ1n) is 8.20. The molecule has 1 aromatic carbocycles. The van der Waals surface area contributed by atoms with Crippen molar-refractivity contribution in [1.82, 2.24) is 9.63 Å². The summed E-state index contributed by atoms with van der Waals surface area (Å²) in [5, 5.41) is 25.6. The number of ketones is 1. The average Bonchev–Trinajstić information content (AvgIpc) is 2.59. The first kappa shape index (κ1) is 17.8. The number of fused-ring (bicyclic) bond motifs is 1. The molecule has 1 atom stereocenters. The Kier molecular flexibility index (Phi) is 4.35. The fourth-order valence-electron chi connectivity index (χ4n) is 3.16. The normalized spacial score (nSPS) is 18.9. The van der Waals surface area contributed by atoms with Crippen LogP contribution >= 0.6 is 0 Å². The largest absolute Gasteiger partial charge is 0.622 e. The quantitative estimate of drug-likeness (QED) is 0.496. The van der Waals surface area contributed by atoms with Crippen molar-refractivity contribution in [2.24, 2.45) is 0 Å². The Morgan fingerprint density at radius 3 is 2.65 bits per heavy atom. The van der Waals surface area contributed by atoms with Crippen LogP contribution in [0, 0.1) is 19.1 Å². The van der Waals surface area contributed by atoms with Crippen LogP contribution in [0.2, 0.25) is 0 Å². The van der Waals surface area contributed by atoms with Gasteiger partial charge in [-0.05, 0) is 44.5 Å². The number of carbonyl (C=O) groups excluding carboxylic acids is 1. The molecule has 1 aliphatic heterocycles. The maximum absolute atomic E-state index is 13.1. The molecule has 0 saturated heterocycles. The second-order valence-corrected chi connectivity index (χ2v) is 6.27. The Bertz CT molecular complexity index is 952. The Morgan fingerprint density at radius 2 is 2.04 bits per heavy atom. The highest BCUT2D eigenvalue weighted by Crippen LogP contribution is 2.39. The maximum Gasteiger partial charge on any atom is 0.345 e. The van der Waals surface area contributed by atoms with Gasteiger partial charge < -0.3 is 20.3 Å². The summed E-state index contributed by atoms with van der Waals surface area (Å²) in [5.41, 5.74) is 2.00. The number of aliphatic carboxylic acids is 1. The smallest absolute Gasteiger partial charge is 0.345 e. The number of carboxylic acids is 1. The maximum atomic E-state index is 13.1. The fourth-order valence-corrected chi connectivity index (χ4v) is 3.16. The van der Waals surface area contributed by atoms with Crippen LogP contribution in [0.1, 0.15) is 28.4 Å². The number of hydrogen-bond acceptors (Lipinski definition) is 5. The summed E-state index contributed by atoms with van der Waals surface area (Å²) in [5.74, 6) is -1.43. The van der Waals surface area contributed by atoms with Gasteiger partial charge in [-0.25, -0.2) is 9.78 Å². The van der Waals surface area contributed by atoms with Crippen LogP contribution in [-0.2, 0) is 4.79 Å². The van der Waals surface area contributed by atoms with Gasteiger partial charge in [-0.3, -0.25) is 4.79 Å². The van der Waals surface area contributed by atoms with Crippen molar-refractivity contribution < 1.29 is 14.7 Å². The van der Waals surface area contributed by atoms with Crippen molar-refractivity contribution in [1.29, 1.82) is 0 Å². The number of nitrogens with zero attached hydrogens (tertiary/aromatic N) is 2. The molecule has 0 spiro atoms. The second-order valence-electron chi connectivity index (χ2n) is 6.27. The van der Waals surface area contributed by atoms with E-state index in [2.05, 4.69) is 10.3 Å². The molecule has 2 N–H and O–H groups in total. The van der Waals surface area contributed by atoms with E-state index >= 15 is 0 Å². The standard InChI is InChI=1S/C19H19N3O4/c1-4-22(26)10-15(19(24)25)17(23)14-9-13(8-12(3)16(14)22)21-18-11(2)6-5-7-20-18/h5-10H,4H2,1-3H3,(H,20,21)(H,24,25). The Balaban J connectivity index is 2.15. The van der Waals surface area contributed by atoms with Crippen molar-refractivity contribution in [3.63, 3.8) is 0 Å². The minimum atomic E-state index is -1.40. The number of nitrogens with one attached hydrogen (secondary N) is 1. The van der Waals surface area contributed by atoms with Crippen LogP contribution in [0.5, 0.6) is 0 Å². The predicted octanol–water partition coefficient (Wildman–Crippen LogP) is 3.43. The number of hydroxylamine groups is 2. The number of hydrogen-bond donors (Lipinski definition) is 2. The number of rotatable bonds is 4. The van der Waals surface area contributed by atoms with Gasteiger partial charge in [0.2, 0.25) is 5.78 Å².